The topological polar surface area (TPSA) is 69.4 Å². The molecular weight excluding hydrogens is 282 g/mol. The molecule has 22 heavy (non-hydrogen) atoms. The van der Waals surface area contributed by atoms with Gasteiger partial charge in [0.1, 0.15) is 5.75 Å². The predicted octanol–water partition coefficient (Wildman–Crippen LogP) is 3.97. The molecule has 0 atom stereocenters. The lowest BCUT2D eigenvalue weighted by molar-refractivity contribution is -0.384. The van der Waals surface area contributed by atoms with Crippen LogP contribution >= 0.6 is 0 Å². The Labute approximate surface area is 125 Å². The Morgan fingerprint density at radius 2 is 1.68 bits per heavy atom. The van der Waals surface area contributed by atoms with Crippen LogP contribution in [-0.4, -0.2) is 10.9 Å². The summed E-state index contributed by atoms with van der Waals surface area (Å²) in [5, 5.41) is 12.7. The molecule has 3 rings (SSSR count). The van der Waals surface area contributed by atoms with Gasteiger partial charge in [0.15, 0.2) is 0 Å². The maximum Gasteiger partial charge on any atom is 0.343 e. The highest BCUT2D eigenvalue weighted by Crippen LogP contribution is 2.22. The van der Waals surface area contributed by atoms with Crippen molar-refractivity contribution in [3.05, 3.63) is 82.4 Å². The monoisotopic (exact) mass is 293 g/mol. The van der Waals surface area contributed by atoms with E-state index in [1.165, 1.54) is 24.3 Å². The van der Waals surface area contributed by atoms with E-state index in [1.807, 2.05) is 30.3 Å². The molecule has 0 spiro atoms. The van der Waals surface area contributed by atoms with Crippen LogP contribution in [0.5, 0.6) is 5.75 Å². The van der Waals surface area contributed by atoms with Gasteiger partial charge < -0.3 is 4.74 Å². The summed E-state index contributed by atoms with van der Waals surface area (Å²) in [6.45, 7) is 0. The summed E-state index contributed by atoms with van der Waals surface area (Å²) in [4.78, 5) is 22.3. The Morgan fingerprint density at radius 3 is 2.45 bits per heavy atom. The highest BCUT2D eigenvalue weighted by molar-refractivity contribution is 5.92. The van der Waals surface area contributed by atoms with Crippen LogP contribution in [0.3, 0.4) is 0 Å². The van der Waals surface area contributed by atoms with Gasteiger partial charge in [-0.15, -0.1) is 0 Å². The van der Waals surface area contributed by atoms with Gasteiger partial charge in [0.2, 0.25) is 0 Å². The molecule has 0 aliphatic heterocycles. The highest BCUT2D eigenvalue weighted by atomic mass is 16.6. The van der Waals surface area contributed by atoms with Gasteiger partial charge in [0.25, 0.3) is 5.69 Å². The van der Waals surface area contributed by atoms with E-state index >= 15 is 0 Å². The van der Waals surface area contributed by atoms with Crippen molar-refractivity contribution in [2.45, 2.75) is 0 Å². The van der Waals surface area contributed by atoms with Gasteiger partial charge in [-0.3, -0.25) is 10.1 Å². The van der Waals surface area contributed by atoms with E-state index < -0.39 is 10.9 Å². The molecule has 0 aromatic heterocycles. The molecule has 0 heterocycles. The first kappa shape index (κ1) is 13.8. The van der Waals surface area contributed by atoms with Gasteiger partial charge in [-0.25, -0.2) is 4.79 Å². The van der Waals surface area contributed by atoms with Crippen LogP contribution in [0.25, 0.3) is 10.8 Å². The zero-order valence-corrected chi connectivity index (χ0v) is 11.4. The summed E-state index contributed by atoms with van der Waals surface area (Å²) >= 11 is 0. The number of carbonyl (C=O) groups is 1. The number of rotatable bonds is 3. The molecule has 108 valence electrons. The van der Waals surface area contributed by atoms with Crippen molar-refractivity contribution >= 4 is 22.4 Å². The molecule has 3 aromatic carbocycles. The second kappa shape index (κ2) is 5.65. The minimum atomic E-state index is -0.626. The van der Waals surface area contributed by atoms with Gasteiger partial charge >= 0.3 is 5.97 Å². The standard InChI is InChI=1S/C17H11NO4/c19-17(14-6-3-7-15(10-14)18(20)21)22-16-9-8-12-4-1-2-5-13(12)11-16/h1-11H. The average Bonchev–Trinajstić information content (AvgIpc) is 2.55. The first-order valence-corrected chi connectivity index (χ1v) is 6.59. The van der Waals surface area contributed by atoms with Crippen molar-refractivity contribution in [3.63, 3.8) is 0 Å². The lowest BCUT2D eigenvalue weighted by Gasteiger charge is -2.05. The number of benzene rings is 3. The number of ether oxygens (including phenoxy) is 1. The van der Waals surface area contributed by atoms with Crippen molar-refractivity contribution in [1.29, 1.82) is 0 Å². The van der Waals surface area contributed by atoms with Crippen molar-refractivity contribution in [2.75, 3.05) is 0 Å². The summed E-state index contributed by atoms with van der Waals surface area (Å²) in [7, 11) is 0. The van der Waals surface area contributed by atoms with Crippen LogP contribution < -0.4 is 4.74 Å². The first-order valence-electron chi connectivity index (χ1n) is 6.59. The number of nitro benzene ring substituents is 1. The number of hydrogen-bond donors (Lipinski definition) is 0. The van der Waals surface area contributed by atoms with E-state index in [-0.39, 0.29) is 11.3 Å². The molecule has 0 radical (unpaired) electrons. The first-order chi connectivity index (χ1) is 10.6. The summed E-state index contributed by atoms with van der Waals surface area (Å²) in [5.74, 6) is -0.228. The number of fused-ring (bicyclic) bond motifs is 1. The second-order valence-corrected chi connectivity index (χ2v) is 4.71. The molecule has 3 aromatic rings. The number of non-ortho nitro benzene ring substituents is 1. The third-order valence-corrected chi connectivity index (χ3v) is 3.22. The molecule has 5 heteroatoms. The Morgan fingerprint density at radius 1 is 0.909 bits per heavy atom. The van der Waals surface area contributed by atoms with E-state index in [0.29, 0.717) is 5.75 Å². The van der Waals surface area contributed by atoms with E-state index in [1.54, 1.807) is 12.1 Å². The SMILES string of the molecule is O=C(Oc1ccc2ccccc2c1)c1cccc([N+](=O)[O-])c1. The fourth-order valence-corrected chi connectivity index (χ4v) is 2.14. The molecule has 0 bridgehead atoms. The normalized spacial score (nSPS) is 10.4. The minimum Gasteiger partial charge on any atom is -0.423 e. The predicted molar refractivity (Wildman–Crippen MR) is 82.0 cm³/mol. The van der Waals surface area contributed by atoms with Crippen LogP contribution in [0.15, 0.2) is 66.7 Å². The molecule has 0 N–H and O–H groups in total. The summed E-state index contributed by atoms with van der Waals surface area (Å²) in [5.41, 5.74) is -0.00433. The van der Waals surface area contributed by atoms with Crippen molar-refractivity contribution in [1.82, 2.24) is 0 Å². The Hall–Kier alpha value is -3.21. The van der Waals surface area contributed by atoms with Gasteiger partial charge in [-0.2, -0.15) is 0 Å². The molecule has 0 fully saturated rings. The van der Waals surface area contributed by atoms with Crippen LogP contribution in [0, 0.1) is 10.1 Å². The average molecular weight is 293 g/mol. The van der Waals surface area contributed by atoms with Crippen molar-refractivity contribution < 1.29 is 14.5 Å². The number of esters is 1. The molecular formula is C17H11NO4. The van der Waals surface area contributed by atoms with Gasteiger partial charge in [0, 0.05) is 12.1 Å². The Kier molecular flexibility index (Phi) is 3.53. The summed E-state index contributed by atoms with van der Waals surface area (Å²) in [6, 6.07) is 18.5. The zero-order valence-electron chi connectivity index (χ0n) is 11.4. The fraction of sp³-hybridized carbons (Fsp3) is 0. The van der Waals surface area contributed by atoms with E-state index in [2.05, 4.69) is 0 Å². The smallest absolute Gasteiger partial charge is 0.343 e. The molecule has 0 amide bonds. The van der Waals surface area contributed by atoms with Gasteiger partial charge in [0.05, 0.1) is 10.5 Å². The lowest BCUT2D eigenvalue weighted by atomic mass is 10.1. The van der Waals surface area contributed by atoms with E-state index in [4.69, 9.17) is 4.74 Å². The Balaban J connectivity index is 1.86. The minimum absolute atomic E-state index is 0.141. The third kappa shape index (κ3) is 2.78. The fourth-order valence-electron chi connectivity index (χ4n) is 2.14. The number of nitro groups is 1. The molecule has 0 saturated heterocycles. The van der Waals surface area contributed by atoms with Crippen molar-refractivity contribution in [3.8, 4) is 5.75 Å². The highest BCUT2D eigenvalue weighted by Gasteiger charge is 2.13. The summed E-state index contributed by atoms with van der Waals surface area (Å²) in [6.07, 6.45) is 0. The van der Waals surface area contributed by atoms with Crippen LogP contribution in [0.1, 0.15) is 10.4 Å². The summed E-state index contributed by atoms with van der Waals surface area (Å²) < 4.78 is 5.28. The van der Waals surface area contributed by atoms with Gasteiger partial charge in [-0.05, 0) is 29.0 Å². The maximum absolute atomic E-state index is 12.1. The van der Waals surface area contributed by atoms with E-state index in [9.17, 15) is 14.9 Å². The van der Waals surface area contributed by atoms with Crippen LogP contribution in [0.4, 0.5) is 5.69 Å². The maximum atomic E-state index is 12.1. The van der Waals surface area contributed by atoms with Gasteiger partial charge in [-0.1, -0.05) is 36.4 Å². The third-order valence-electron chi connectivity index (χ3n) is 3.22. The number of hydrogen-bond acceptors (Lipinski definition) is 4. The second-order valence-electron chi connectivity index (χ2n) is 4.71. The number of nitrogens with zero attached hydrogens (tertiary/aromatic N) is 1. The molecule has 0 aliphatic carbocycles. The van der Waals surface area contributed by atoms with Crippen LogP contribution in [0.2, 0.25) is 0 Å². The van der Waals surface area contributed by atoms with E-state index in [0.717, 1.165) is 10.8 Å². The quantitative estimate of drug-likeness (QED) is 0.317. The van der Waals surface area contributed by atoms with Crippen molar-refractivity contribution in [2.24, 2.45) is 0 Å². The molecule has 0 aliphatic rings. The Bertz CT molecular complexity index is 873. The molecule has 0 saturated carbocycles. The molecule has 0 unspecified atom stereocenters. The largest absolute Gasteiger partial charge is 0.423 e. The zero-order chi connectivity index (χ0) is 15.5. The lowest BCUT2D eigenvalue weighted by Crippen LogP contribution is -2.08. The van der Waals surface area contributed by atoms with Crippen LogP contribution in [-0.2, 0) is 0 Å². The molecule has 5 nitrogen and oxygen atoms in total. The number of carbonyl (C=O) groups excluding carboxylic acids is 1.